The number of hydrogen-bond donors (Lipinski definition) is 1. The lowest BCUT2D eigenvalue weighted by molar-refractivity contribution is -0.130. The number of amides is 2. The highest BCUT2D eigenvalue weighted by atomic mass is 32.1. The second-order valence-electron chi connectivity index (χ2n) is 6.68. The van der Waals surface area contributed by atoms with Crippen molar-refractivity contribution >= 4 is 33.4 Å². The molecule has 1 aromatic heterocycles. The van der Waals surface area contributed by atoms with Crippen LogP contribution in [0.2, 0.25) is 0 Å². The molecule has 0 unspecified atom stereocenters. The van der Waals surface area contributed by atoms with Crippen LogP contribution in [0.3, 0.4) is 0 Å². The van der Waals surface area contributed by atoms with Crippen molar-refractivity contribution in [3.05, 3.63) is 29.3 Å². The zero-order valence-electron chi connectivity index (χ0n) is 13.5. The number of carbonyl (C=O) groups is 2. The minimum absolute atomic E-state index is 0.0249. The molecule has 1 saturated heterocycles. The molecule has 2 fully saturated rings. The second kappa shape index (κ2) is 6.51. The number of benzene rings is 1. The molecule has 24 heavy (non-hydrogen) atoms. The highest BCUT2D eigenvalue weighted by molar-refractivity contribution is 7.18. The van der Waals surface area contributed by atoms with Crippen molar-refractivity contribution in [1.82, 2.24) is 15.2 Å². The number of rotatable bonds is 4. The molecule has 2 amide bonds. The van der Waals surface area contributed by atoms with E-state index in [1.165, 1.54) is 12.8 Å². The molecule has 0 spiro atoms. The Bertz CT molecular complexity index is 733. The summed E-state index contributed by atoms with van der Waals surface area (Å²) in [5, 5.41) is 3.87. The van der Waals surface area contributed by atoms with E-state index >= 15 is 0 Å². The lowest BCUT2D eigenvalue weighted by atomic mass is 10.1. The third kappa shape index (κ3) is 3.02. The van der Waals surface area contributed by atoms with E-state index in [-0.39, 0.29) is 17.7 Å². The first kappa shape index (κ1) is 15.6. The molecule has 126 valence electrons. The maximum absolute atomic E-state index is 12.4. The number of fused-ring (bicyclic) bond motifs is 1. The number of aromatic nitrogens is 1. The van der Waals surface area contributed by atoms with Gasteiger partial charge in [-0.15, -0.1) is 11.3 Å². The number of hydrogen-bond acceptors (Lipinski definition) is 4. The summed E-state index contributed by atoms with van der Waals surface area (Å²) in [6.45, 7) is 1.02. The van der Waals surface area contributed by atoms with E-state index in [0.717, 1.165) is 28.1 Å². The van der Waals surface area contributed by atoms with Crippen molar-refractivity contribution in [2.45, 2.75) is 44.7 Å². The number of carbonyl (C=O) groups excluding carboxylic acids is 2. The van der Waals surface area contributed by atoms with E-state index in [1.54, 1.807) is 11.3 Å². The highest BCUT2D eigenvalue weighted by Gasteiger charge is 2.38. The second-order valence-corrected chi connectivity index (χ2v) is 7.79. The van der Waals surface area contributed by atoms with Crippen molar-refractivity contribution in [3.63, 3.8) is 0 Å². The van der Waals surface area contributed by atoms with Crippen molar-refractivity contribution in [2.24, 2.45) is 5.92 Å². The van der Waals surface area contributed by atoms with Crippen LogP contribution >= 0.6 is 11.3 Å². The minimum atomic E-state index is -0.215. The van der Waals surface area contributed by atoms with Crippen molar-refractivity contribution < 1.29 is 9.59 Å². The van der Waals surface area contributed by atoms with Crippen LogP contribution in [0.1, 0.15) is 37.1 Å². The van der Waals surface area contributed by atoms with Gasteiger partial charge in [0.15, 0.2) is 0 Å². The SMILES string of the molecule is O=C(NCc1nc2ccccc2s1)[C@H]1CC(=O)N(C2CCCC2)C1. The Hall–Kier alpha value is -1.95. The van der Waals surface area contributed by atoms with Crippen LogP contribution in [0, 0.1) is 5.92 Å². The molecule has 4 rings (SSSR count). The molecular formula is C18H21N3O2S. The number of thiazole rings is 1. The van der Waals surface area contributed by atoms with Crippen LogP contribution in [0.5, 0.6) is 0 Å². The summed E-state index contributed by atoms with van der Waals surface area (Å²) in [6, 6.07) is 8.33. The van der Waals surface area contributed by atoms with Crippen LogP contribution in [-0.2, 0) is 16.1 Å². The summed E-state index contributed by atoms with van der Waals surface area (Å²) < 4.78 is 1.13. The molecule has 2 aromatic rings. The average Bonchev–Trinajstić information content (AvgIpc) is 3.30. The highest BCUT2D eigenvalue weighted by Crippen LogP contribution is 2.29. The van der Waals surface area contributed by atoms with Gasteiger partial charge in [0.25, 0.3) is 0 Å². The number of para-hydroxylation sites is 1. The summed E-state index contributed by atoms with van der Waals surface area (Å²) in [7, 11) is 0. The third-order valence-corrected chi connectivity index (χ3v) is 6.08. The fraction of sp³-hybridized carbons (Fsp3) is 0.500. The molecule has 2 heterocycles. The predicted octanol–water partition coefficient (Wildman–Crippen LogP) is 2.70. The first-order valence-corrected chi connectivity index (χ1v) is 9.44. The zero-order valence-corrected chi connectivity index (χ0v) is 14.3. The van der Waals surface area contributed by atoms with Gasteiger partial charge in [-0.3, -0.25) is 9.59 Å². The van der Waals surface area contributed by atoms with Gasteiger partial charge in [-0.25, -0.2) is 4.98 Å². The van der Waals surface area contributed by atoms with Crippen molar-refractivity contribution in [3.8, 4) is 0 Å². The van der Waals surface area contributed by atoms with Gasteiger partial charge in [0.05, 0.1) is 22.7 Å². The van der Waals surface area contributed by atoms with Crippen LogP contribution < -0.4 is 5.32 Å². The van der Waals surface area contributed by atoms with E-state index in [9.17, 15) is 9.59 Å². The minimum Gasteiger partial charge on any atom is -0.349 e. The van der Waals surface area contributed by atoms with E-state index in [0.29, 0.717) is 25.6 Å². The number of nitrogens with zero attached hydrogens (tertiary/aromatic N) is 2. The Kier molecular flexibility index (Phi) is 4.22. The summed E-state index contributed by atoms with van der Waals surface area (Å²) in [5.41, 5.74) is 0.968. The number of likely N-dealkylation sites (tertiary alicyclic amines) is 1. The van der Waals surface area contributed by atoms with Gasteiger partial charge in [-0.1, -0.05) is 25.0 Å². The Morgan fingerprint density at radius 2 is 2.08 bits per heavy atom. The van der Waals surface area contributed by atoms with Crippen molar-refractivity contribution in [2.75, 3.05) is 6.54 Å². The molecule has 1 aliphatic carbocycles. The summed E-state index contributed by atoms with van der Waals surface area (Å²) >= 11 is 1.60. The quantitative estimate of drug-likeness (QED) is 0.928. The standard InChI is InChI=1S/C18H21N3O2S/c22-17-9-12(11-21(17)13-5-1-2-6-13)18(23)19-10-16-20-14-7-3-4-8-15(14)24-16/h3-4,7-8,12-13H,1-2,5-6,9-11H2,(H,19,23)/t12-/m0/s1. The smallest absolute Gasteiger partial charge is 0.225 e. The van der Waals surface area contributed by atoms with Gasteiger partial charge in [-0.05, 0) is 25.0 Å². The molecule has 1 N–H and O–H groups in total. The summed E-state index contributed by atoms with van der Waals surface area (Å²) in [6.07, 6.45) is 4.92. The molecule has 1 aromatic carbocycles. The van der Waals surface area contributed by atoms with Gasteiger partial charge >= 0.3 is 0 Å². The van der Waals surface area contributed by atoms with Crippen LogP contribution in [0.15, 0.2) is 24.3 Å². The predicted molar refractivity (Wildman–Crippen MR) is 93.5 cm³/mol. The Morgan fingerprint density at radius 1 is 1.29 bits per heavy atom. The normalized spacial score (nSPS) is 21.8. The molecule has 6 heteroatoms. The third-order valence-electron chi connectivity index (χ3n) is 5.05. The molecule has 0 bridgehead atoms. The van der Waals surface area contributed by atoms with Crippen LogP contribution in [-0.4, -0.2) is 34.3 Å². The molecule has 0 radical (unpaired) electrons. The van der Waals surface area contributed by atoms with E-state index in [2.05, 4.69) is 10.3 Å². The first-order chi connectivity index (χ1) is 11.7. The first-order valence-electron chi connectivity index (χ1n) is 8.62. The maximum Gasteiger partial charge on any atom is 0.225 e. The van der Waals surface area contributed by atoms with Gasteiger partial charge < -0.3 is 10.2 Å². The van der Waals surface area contributed by atoms with Gasteiger partial charge in [0.2, 0.25) is 11.8 Å². The van der Waals surface area contributed by atoms with Crippen molar-refractivity contribution in [1.29, 1.82) is 0 Å². The zero-order chi connectivity index (χ0) is 16.5. The largest absolute Gasteiger partial charge is 0.349 e. The molecule has 5 nitrogen and oxygen atoms in total. The van der Waals surface area contributed by atoms with E-state index < -0.39 is 0 Å². The maximum atomic E-state index is 12.4. The van der Waals surface area contributed by atoms with Gasteiger partial charge in [0.1, 0.15) is 5.01 Å². The average molecular weight is 343 g/mol. The molecule has 2 aliphatic rings. The van der Waals surface area contributed by atoms with E-state index in [4.69, 9.17) is 0 Å². The van der Waals surface area contributed by atoms with Crippen LogP contribution in [0.25, 0.3) is 10.2 Å². The summed E-state index contributed by atoms with van der Waals surface area (Å²) in [5.74, 6) is -0.0994. The fourth-order valence-corrected chi connectivity index (χ4v) is 4.69. The number of nitrogens with one attached hydrogen (secondary N) is 1. The Morgan fingerprint density at radius 3 is 2.88 bits per heavy atom. The summed E-state index contributed by atoms with van der Waals surface area (Å²) in [4.78, 5) is 31.1. The lowest BCUT2D eigenvalue weighted by Gasteiger charge is -2.23. The topological polar surface area (TPSA) is 62.3 Å². The van der Waals surface area contributed by atoms with E-state index in [1.807, 2.05) is 29.2 Å². The Labute approximate surface area is 145 Å². The molecule has 1 saturated carbocycles. The Balaban J connectivity index is 1.35. The molecule has 1 aliphatic heterocycles. The molecular weight excluding hydrogens is 322 g/mol. The van der Waals surface area contributed by atoms with Gasteiger partial charge in [0, 0.05) is 19.0 Å². The van der Waals surface area contributed by atoms with Crippen LogP contribution in [0.4, 0.5) is 0 Å². The fourth-order valence-electron chi connectivity index (χ4n) is 3.78. The molecule has 1 atom stereocenters. The lowest BCUT2D eigenvalue weighted by Crippen LogP contribution is -2.36. The van der Waals surface area contributed by atoms with Gasteiger partial charge in [-0.2, -0.15) is 0 Å². The monoisotopic (exact) mass is 343 g/mol.